The predicted molar refractivity (Wildman–Crippen MR) is 81.2 cm³/mol. The molecule has 0 saturated carbocycles. The summed E-state index contributed by atoms with van der Waals surface area (Å²) < 4.78 is 0. The average molecular weight is 285 g/mol. The van der Waals surface area contributed by atoms with E-state index >= 15 is 0 Å². The molecule has 0 spiro atoms. The molecule has 2 rings (SSSR count). The fourth-order valence-corrected chi connectivity index (χ4v) is 4.12. The van der Waals surface area contributed by atoms with Crippen LogP contribution in [0.25, 0.3) is 0 Å². The Hall–Kier alpha value is -0.220. The number of nitrogens with zero attached hydrogens (tertiary/aromatic N) is 1. The smallest absolute Gasteiger partial charge is 0.0451 e. The summed E-state index contributed by atoms with van der Waals surface area (Å²) in [7, 11) is 2.16. The van der Waals surface area contributed by atoms with E-state index in [1.165, 1.54) is 23.5 Å². The van der Waals surface area contributed by atoms with Crippen LogP contribution < -0.4 is 5.73 Å². The Labute approximate surface area is 119 Å². The summed E-state index contributed by atoms with van der Waals surface area (Å²) in [6.45, 7) is 1.61. The number of halogens is 1. The van der Waals surface area contributed by atoms with Crippen LogP contribution in [0.2, 0.25) is 5.02 Å². The summed E-state index contributed by atoms with van der Waals surface area (Å²) in [5, 5.41) is 0.848. The molecule has 1 saturated heterocycles. The van der Waals surface area contributed by atoms with Crippen LogP contribution in [0.4, 0.5) is 0 Å². The molecule has 2 nitrogen and oxygen atoms in total. The van der Waals surface area contributed by atoms with E-state index in [2.05, 4.69) is 18.0 Å². The minimum Gasteiger partial charge on any atom is -0.329 e. The minimum absolute atomic E-state index is 0.469. The van der Waals surface area contributed by atoms with Crippen LogP contribution in [0, 0.1) is 5.92 Å². The Bertz CT molecular complexity index is 380. The van der Waals surface area contributed by atoms with Crippen LogP contribution in [-0.2, 0) is 6.54 Å². The summed E-state index contributed by atoms with van der Waals surface area (Å²) in [4.78, 5) is 2.36. The lowest BCUT2D eigenvalue weighted by Crippen LogP contribution is -2.43. The van der Waals surface area contributed by atoms with E-state index in [1.54, 1.807) is 0 Å². The van der Waals surface area contributed by atoms with Crippen molar-refractivity contribution in [2.75, 3.05) is 25.1 Å². The highest BCUT2D eigenvalue weighted by Crippen LogP contribution is 2.29. The molecule has 1 fully saturated rings. The molecule has 0 radical (unpaired) electrons. The van der Waals surface area contributed by atoms with Crippen LogP contribution in [0.1, 0.15) is 12.0 Å². The maximum atomic E-state index is 6.21. The Morgan fingerprint density at radius 2 is 2.28 bits per heavy atom. The first-order valence-electron chi connectivity index (χ1n) is 6.44. The highest BCUT2D eigenvalue weighted by Gasteiger charge is 2.27. The molecule has 0 amide bonds. The maximum absolute atomic E-state index is 6.21. The Kier molecular flexibility index (Phi) is 5.37. The highest BCUT2D eigenvalue weighted by molar-refractivity contribution is 7.99. The van der Waals surface area contributed by atoms with Crippen LogP contribution in [0.15, 0.2) is 24.3 Å². The quantitative estimate of drug-likeness (QED) is 0.902. The number of hydrogen-bond donors (Lipinski definition) is 1. The predicted octanol–water partition coefficient (Wildman–Crippen LogP) is 2.85. The molecule has 100 valence electrons. The first kappa shape index (κ1) is 14.2. The molecule has 1 aliphatic heterocycles. The number of thioether (sulfide) groups is 1. The van der Waals surface area contributed by atoms with Gasteiger partial charge < -0.3 is 5.73 Å². The fraction of sp³-hybridized carbons (Fsp3) is 0.571. The number of benzene rings is 1. The van der Waals surface area contributed by atoms with E-state index in [-0.39, 0.29) is 0 Å². The third-order valence-corrected chi connectivity index (χ3v) is 5.25. The molecular formula is C14H21ClN2S. The maximum Gasteiger partial charge on any atom is 0.0451 e. The third kappa shape index (κ3) is 3.41. The molecule has 1 aromatic rings. The van der Waals surface area contributed by atoms with Crippen molar-refractivity contribution in [1.29, 1.82) is 0 Å². The molecule has 0 aromatic heterocycles. The van der Waals surface area contributed by atoms with Crippen molar-refractivity contribution in [2.24, 2.45) is 11.7 Å². The second-order valence-corrected chi connectivity index (χ2v) is 6.49. The van der Waals surface area contributed by atoms with Crippen LogP contribution >= 0.6 is 23.4 Å². The van der Waals surface area contributed by atoms with E-state index in [0.29, 0.717) is 6.04 Å². The summed E-state index contributed by atoms with van der Waals surface area (Å²) in [6.07, 6.45) is 1.29. The topological polar surface area (TPSA) is 29.3 Å². The summed E-state index contributed by atoms with van der Waals surface area (Å²) in [5.74, 6) is 3.25. The minimum atomic E-state index is 0.469. The number of hydrogen-bond acceptors (Lipinski definition) is 3. The van der Waals surface area contributed by atoms with Gasteiger partial charge in [0.1, 0.15) is 0 Å². The van der Waals surface area contributed by atoms with Crippen molar-refractivity contribution < 1.29 is 0 Å². The first-order chi connectivity index (χ1) is 8.72. The van der Waals surface area contributed by atoms with Crippen molar-refractivity contribution in [3.05, 3.63) is 34.9 Å². The van der Waals surface area contributed by atoms with Gasteiger partial charge in [-0.15, -0.1) is 0 Å². The zero-order valence-electron chi connectivity index (χ0n) is 10.8. The number of nitrogens with two attached hydrogens (primary N) is 1. The van der Waals surface area contributed by atoms with E-state index in [4.69, 9.17) is 17.3 Å². The van der Waals surface area contributed by atoms with E-state index in [0.717, 1.165) is 24.0 Å². The molecule has 2 N–H and O–H groups in total. The van der Waals surface area contributed by atoms with Gasteiger partial charge in [0.25, 0.3) is 0 Å². The van der Waals surface area contributed by atoms with Gasteiger partial charge in [-0.3, -0.25) is 4.90 Å². The van der Waals surface area contributed by atoms with Crippen molar-refractivity contribution in [1.82, 2.24) is 4.90 Å². The summed E-state index contributed by atoms with van der Waals surface area (Å²) in [5.41, 5.74) is 7.15. The lowest BCUT2D eigenvalue weighted by molar-refractivity contribution is 0.184. The monoisotopic (exact) mass is 284 g/mol. The Morgan fingerprint density at radius 3 is 2.89 bits per heavy atom. The molecule has 1 heterocycles. The average Bonchev–Trinajstić information content (AvgIpc) is 2.87. The Balaban J connectivity index is 2.01. The van der Waals surface area contributed by atoms with Gasteiger partial charge in [0.15, 0.2) is 0 Å². The third-order valence-electron chi connectivity index (χ3n) is 3.69. The second-order valence-electron chi connectivity index (χ2n) is 4.93. The van der Waals surface area contributed by atoms with E-state index in [9.17, 15) is 0 Å². The molecule has 2 atom stereocenters. The number of likely N-dealkylation sites (N-methyl/N-ethyl adjacent to an activating group) is 1. The molecular weight excluding hydrogens is 264 g/mol. The second kappa shape index (κ2) is 6.80. The van der Waals surface area contributed by atoms with Gasteiger partial charge in [-0.1, -0.05) is 29.8 Å². The lowest BCUT2D eigenvalue weighted by Gasteiger charge is -2.31. The van der Waals surface area contributed by atoms with Gasteiger partial charge in [0, 0.05) is 24.2 Å². The van der Waals surface area contributed by atoms with Gasteiger partial charge in [0.05, 0.1) is 0 Å². The van der Waals surface area contributed by atoms with Crippen molar-refractivity contribution in [3.8, 4) is 0 Å². The largest absolute Gasteiger partial charge is 0.329 e. The molecule has 1 aliphatic rings. The standard InChI is InChI=1S/C14H21ClN2S/c1-17(9-11-4-2-3-5-13(11)15)14(8-16)12-6-7-18-10-12/h2-5,12,14H,6-10,16H2,1H3. The molecule has 1 aromatic carbocycles. The van der Waals surface area contributed by atoms with E-state index in [1.807, 2.05) is 30.0 Å². The normalized spacial score (nSPS) is 21.4. The first-order valence-corrected chi connectivity index (χ1v) is 7.97. The highest BCUT2D eigenvalue weighted by atomic mass is 35.5. The van der Waals surface area contributed by atoms with Gasteiger partial charge in [-0.05, 0) is 42.5 Å². The molecule has 0 aliphatic carbocycles. The van der Waals surface area contributed by atoms with Crippen molar-refractivity contribution >= 4 is 23.4 Å². The van der Waals surface area contributed by atoms with Crippen molar-refractivity contribution in [3.63, 3.8) is 0 Å². The lowest BCUT2D eigenvalue weighted by atomic mass is 9.97. The van der Waals surface area contributed by atoms with Crippen LogP contribution in [-0.4, -0.2) is 36.0 Å². The fourth-order valence-electron chi connectivity index (χ4n) is 2.60. The van der Waals surface area contributed by atoms with Gasteiger partial charge in [-0.2, -0.15) is 11.8 Å². The van der Waals surface area contributed by atoms with Crippen LogP contribution in [0.5, 0.6) is 0 Å². The van der Waals surface area contributed by atoms with Gasteiger partial charge in [0.2, 0.25) is 0 Å². The van der Waals surface area contributed by atoms with Gasteiger partial charge in [-0.25, -0.2) is 0 Å². The Morgan fingerprint density at radius 1 is 1.50 bits per heavy atom. The summed E-state index contributed by atoms with van der Waals surface area (Å²) >= 11 is 8.26. The van der Waals surface area contributed by atoms with Gasteiger partial charge >= 0.3 is 0 Å². The SMILES string of the molecule is CN(Cc1ccccc1Cl)C(CN)C1CCSC1. The number of rotatable bonds is 5. The molecule has 0 bridgehead atoms. The van der Waals surface area contributed by atoms with Crippen LogP contribution in [0.3, 0.4) is 0 Å². The molecule has 18 heavy (non-hydrogen) atoms. The molecule has 4 heteroatoms. The zero-order valence-corrected chi connectivity index (χ0v) is 12.4. The molecule has 2 unspecified atom stereocenters. The summed E-state index contributed by atoms with van der Waals surface area (Å²) in [6, 6.07) is 8.53. The zero-order chi connectivity index (χ0) is 13.0. The van der Waals surface area contributed by atoms with Crippen molar-refractivity contribution in [2.45, 2.75) is 19.0 Å². The van der Waals surface area contributed by atoms with E-state index < -0.39 is 0 Å².